The standard InChI is InChI=1S/C10H22N2O2S/c1-4-10(2,3)12-15(13,14)9-5-7-11-8-6-9/h9,11-12H,4-8H2,1-3H3. The van der Waals surface area contributed by atoms with Crippen molar-refractivity contribution >= 4 is 10.0 Å². The summed E-state index contributed by atoms with van der Waals surface area (Å²) in [5.41, 5.74) is -0.330. The first-order valence-corrected chi connectivity index (χ1v) is 7.15. The molecule has 1 aliphatic heterocycles. The maximum Gasteiger partial charge on any atom is 0.215 e. The van der Waals surface area contributed by atoms with Gasteiger partial charge in [0.15, 0.2) is 0 Å². The molecule has 0 atom stereocenters. The van der Waals surface area contributed by atoms with E-state index in [9.17, 15) is 8.42 Å². The molecule has 0 aromatic rings. The van der Waals surface area contributed by atoms with E-state index in [0.717, 1.165) is 32.4 Å². The Balaban J connectivity index is 2.65. The predicted molar refractivity (Wildman–Crippen MR) is 62.3 cm³/mol. The maximum atomic E-state index is 12.0. The summed E-state index contributed by atoms with van der Waals surface area (Å²) in [5.74, 6) is 0. The van der Waals surface area contributed by atoms with Crippen molar-refractivity contribution in [1.29, 1.82) is 0 Å². The van der Waals surface area contributed by atoms with E-state index in [-0.39, 0.29) is 10.8 Å². The molecular weight excluding hydrogens is 212 g/mol. The molecule has 1 fully saturated rings. The zero-order valence-electron chi connectivity index (χ0n) is 9.84. The highest BCUT2D eigenvalue weighted by Crippen LogP contribution is 2.16. The largest absolute Gasteiger partial charge is 0.317 e. The zero-order valence-corrected chi connectivity index (χ0v) is 10.7. The first-order chi connectivity index (χ1) is 6.87. The number of hydrogen-bond donors (Lipinski definition) is 2. The van der Waals surface area contributed by atoms with Gasteiger partial charge in [-0.2, -0.15) is 0 Å². The van der Waals surface area contributed by atoms with E-state index in [1.54, 1.807) is 0 Å². The molecule has 15 heavy (non-hydrogen) atoms. The van der Waals surface area contributed by atoms with Crippen LogP contribution in [0.3, 0.4) is 0 Å². The van der Waals surface area contributed by atoms with Crippen LogP contribution in [-0.4, -0.2) is 32.3 Å². The fourth-order valence-electron chi connectivity index (χ4n) is 1.65. The minimum atomic E-state index is -3.14. The molecule has 4 nitrogen and oxygen atoms in total. The van der Waals surface area contributed by atoms with Crippen molar-refractivity contribution in [1.82, 2.24) is 10.0 Å². The van der Waals surface area contributed by atoms with Crippen LogP contribution >= 0.6 is 0 Å². The van der Waals surface area contributed by atoms with Gasteiger partial charge in [-0.15, -0.1) is 0 Å². The zero-order chi connectivity index (χ0) is 11.5. The lowest BCUT2D eigenvalue weighted by molar-refractivity contribution is 0.423. The van der Waals surface area contributed by atoms with Crippen molar-refractivity contribution in [3.63, 3.8) is 0 Å². The van der Waals surface area contributed by atoms with Crippen LogP contribution in [0.4, 0.5) is 0 Å². The van der Waals surface area contributed by atoms with E-state index >= 15 is 0 Å². The van der Waals surface area contributed by atoms with Gasteiger partial charge in [-0.1, -0.05) is 6.92 Å². The fourth-order valence-corrected chi connectivity index (χ4v) is 3.58. The molecular formula is C10H22N2O2S. The molecule has 1 saturated heterocycles. The molecule has 0 aliphatic carbocycles. The Morgan fingerprint density at radius 3 is 2.33 bits per heavy atom. The normalized spacial score (nSPS) is 20.5. The van der Waals surface area contributed by atoms with E-state index in [0.29, 0.717) is 0 Å². The van der Waals surface area contributed by atoms with Crippen LogP contribution < -0.4 is 10.0 Å². The third-order valence-corrected chi connectivity index (χ3v) is 5.21. The van der Waals surface area contributed by atoms with Crippen LogP contribution in [0, 0.1) is 0 Å². The van der Waals surface area contributed by atoms with Crippen molar-refractivity contribution in [3.05, 3.63) is 0 Å². The first kappa shape index (κ1) is 12.9. The summed E-state index contributed by atoms with van der Waals surface area (Å²) >= 11 is 0. The average molecular weight is 234 g/mol. The number of sulfonamides is 1. The number of nitrogens with one attached hydrogen (secondary N) is 2. The minimum absolute atomic E-state index is 0.218. The van der Waals surface area contributed by atoms with Gasteiger partial charge in [0.05, 0.1) is 5.25 Å². The Bertz CT molecular complexity index is 293. The van der Waals surface area contributed by atoms with E-state index in [1.807, 2.05) is 20.8 Å². The molecule has 0 amide bonds. The summed E-state index contributed by atoms with van der Waals surface area (Å²) in [6.45, 7) is 7.44. The third kappa shape index (κ3) is 3.74. The Hall–Kier alpha value is -0.130. The van der Waals surface area contributed by atoms with Gasteiger partial charge in [0.25, 0.3) is 0 Å². The van der Waals surface area contributed by atoms with Gasteiger partial charge in [0.2, 0.25) is 10.0 Å². The van der Waals surface area contributed by atoms with Crippen LogP contribution in [0.15, 0.2) is 0 Å². The number of piperidine rings is 1. The van der Waals surface area contributed by atoms with Crippen molar-refractivity contribution in [2.45, 2.75) is 50.8 Å². The summed E-state index contributed by atoms with van der Waals surface area (Å²) in [6.07, 6.45) is 2.24. The van der Waals surface area contributed by atoms with Crippen molar-refractivity contribution < 1.29 is 8.42 Å². The van der Waals surface area contributed by atoms with E-state index < -0.39 is 10.0 Å². The molecule has 1 heterocycles. The number of hydrogen-bond acceptors (Lipinski definition) is 3. The Kier molecular flexibility index (Phi) is 4.14. The van der Waals surface area contributed by atoms with Crippen molar-refractivity contribution in [2.24, 2.45) is 0 Å². The van der Waals surface area contributed by atoms with Crippen molar-refractivity contribution in [2.75, 3.05) is 13.1 Å². The second-order valence-electron chi connectivity index (χ2n) is 4.83. The van der Waals surface area contributed by atoms with Gasteiger partial charge in [-0.25, -0.2) is 13.1 Å². The molecule has 5 heteroatoms. The molecule has 0 bridgehead atoms. The quantitative estimate of drug-likeness (QED) is 0.758. The maximum absolute atomic E-state index is 12.0. The minimum Gasteiger partial charge on any atom is -0.317 e. The number of rotatable bonds is 4. The molecule has 90 valence electrons. The predicted octanol–water partition coefficient (Wildman–Crippen LogP) is 0.846. The molecule has 1 aliphatic rings. The van der Waals surface area contributed by atoms with Crippen LogP contribution in [-0.2, 0) is 10.0 Å². The van der Waals surface area contributed by atoms with Gasteiger partial charge < -0.3 is 5.32 Å². The highest BCUT2D eigenvalue weighted by atomic mass is 32.2. The van der Waals surface area contributed by atoms with Crippen LogP contribution in [0.2, 0.25) is 0 Å². The molecule has 0 radical (unpaired) electrons. The van der Waals surface area contributed by atoms with Gasteiger partial charge in [-0.05, 0) is 46.2 Å². The molecule has 2 N–H and O–H groups in total. The SMILES string of the molecule is CCC(C)(C)NS(=O)(=O)C1CCNCC1. The lowest BCUT2D eigenvalue weighted by atomic mass is 10.0. The molecule has 0 unspecified atom stereocenters. The van der Waals surface area contributed by atoms with Gasteiger partial charge in [-0.3, -0.25) is 0 Å². The Morgan fingerprint density at radius 2 is 1.87 bits per heavy atom. The van der Waals surface area contributed by atoms with Crippen LogP contribution in [0.5, 0.6) is 0 Å². The Labute approximate surface area is 92.9 Å². The molecule has 0 saturated carbocycles. The second-order valence-corrected chi connectivity index (χ2v) is 6.79. The average Bonchev–Trinajstić information content (AvgIpc) is 2.18. The summed E-state index contributed by atoms with van der Waals surface area (Å²) in [5, 5.41) is 2.95. The molecule has 0 spiro atoms. The van der Waals surface area contributed by atoms with Crippen molar-refractivity contribution in [3.8, 4) is 0 Å². The molecule has 0 aromatic heterocycles. The van der Waals surface area contributed by atoms with Gasteiger partial charge in [0, 0.05) is 5.54 Å². The smallest absolute Gasteiger partial charge is 0.215 e. The van der Waals surface area contributed by atoms with Gasteiger partial charge in [0.1, 0.15) is 0 Å². The molecule has 0 aromatic carbocycles. The highest BCUT2D eigenvalue weighted by molar-refractivity contribution is 7.90. The van der Waals surface area contributed by atoms with Crippen LogP contribution in [0.25, 0.3) is 0 Å². The summed E-state index contributed by atoms with van der Waals surface area (Å²) in [6, 6.07) is 0. The van der Waals surface area contributed by atoms with Gasteiger partial charge >= 0.3 is 0 Å². The lowest BCUT2D eigenvalue weighted by Gasteiger charge is -2.29. The first-order valence-electron chi connectivity index (χ1n) is 5.61. The summed E-state index contributed by atoms with van der Waals surface area (Å²) in [7, 11) is -3.14. The highest BCUT2D eigenvalue weighted by Gasteiger charge is 2.31. The topological polar surface area (TPSA) is 58.2 Å². The lowest BCUT2D eigenvalue weighted by Crippen LogP contribution is -2.49. The Morgan fingerprint density at radius 1 is 1.33 bits per heavy atom. The fraction of sp³-hybridized carbons (Fsp3) is 1.00. The third-order valence-electron chi connectivity index (χ3n) is 3.03. The summed E-state index contributed by atoms with van der Waals surface area (Å²) in [4.78, 5) is 0. The van der Waals surface area contributed by atoms with E-state index in [4.69, 9.17) is 0 Å². The van der Waals surface area contributed by atoms with E-state index in [1.165, 1.54) is 0 Å². The monoisotopic (exact) mass is 234 g/mol. The summed E-state index contributed by atoms with van der Waals surface area (Å²) < 4.78 is 26.8. The van der Waals surface area contributed by atoms with Crippen LogP contribution in [0.1, 0.15) is 40.0 Å². The van der Waals surface area contributed by atoms with E-state index in [2.05, 4.69) is 10.0 Å². The molecule has 1 rings (SSSR count). The second kappa shape index (κ2) is 4.80.